The number of piperidine rings is 1. The number of halogens is 6. The first-order valence-corrected chi connectivity index (χ1v) is 18.6. The van der Waals surface area contributed by atoms with Crippen molar-refractivity contribution in [2.24, 2.45) is 5.92 Å². The van der Waals surface area contributed by atoms with Gasteiger partial charge in [-0.3, -0.25) is 4.79 Å². The molecule has 10 nitrogen and oxygen atoms in total. The largest absolute Gasteiger partial charge is 0.481 e. The molecule has 1 aromatic heterocycles. The summed E-state index contributed by atoms with van der Waals surface area (Å²) in [4.78, 5) is 40.2. The van der Waals surface area contributed by atoms with Crippen LogP contribution in [0.2, 0.25) is 0 Å². The molecule has 1 saturated carbocycles. The second-order valence-corrected chi connectivity index (χ2v) is 14.5. The molecule has 2 aliphatic heterocycles. The Hall–Kier alpha value is -4.60. The summed E-state index contributed by atoms with van der Waals surface area (Å²) >= 11 is 0. The zero-order chi connectivity index (χ0) is 39.3. The monoisotopic (exact) mass is 777 g/mol. The number of hydrogen-bond donors (Lipinski definition) is 1. The van der Waals surface area contributed by atoms with Crippen molar-refractivity contribution in [2.45, 2.75) is 101 Å². The standard InChI is InChI=1S/C39H45F6N5O5/c1-2-30-20-31(21-32(18-25-6-4-3-5-7-25)50(30)37(53)55-34-10-8-27(9-11-34)35(51)52)49(36-46-22-33(23-47-36)48-12-14-54-15-13-48)24-26-16-28(38(40,41)42)19-29(17-26)39(43,44)45/h3-7,16-17,19,22-23,27,30-32,34H,2,8-15,18,20-21,24H2,1H3,(H,51,52)/t27?,30-,31?,32+,34?/m1/s1. The molecule has 1 amide bonds. The van der Waals surface area contributed by atoms with Gasteiger partial charge in [0.15, 0.2) is 0 Å². The van der Waals surface area contributed by atoms with E-state index in [1.165, 1.54) is 0 Å². The Kier molecular flexibility index (Phi) is 12.4. The van der Waals surface area contributed by atoms with Gasteiger partial charge in [0.2, 0.25) is 5.95 Å². The van der Waals surface area contributed by atoms with Crippen molar-refractivity contribution in [2.75, 3.05) is 36.1 Å². The zero-order valence-corrected chi connectivity index (χ0v) is 30.4. The second kappa shape index (κ2) is 17.0. The third kappa shape index (κ3) is 9.99. The van der Waals surface area contributed by atoms with Gasteiger partial charge >= 0.3 is 24.4 Å². The normalized spacial score (nSPS) is 23.7. The highest BCUT2D eigenvalue weighted by Gasteiger charge is 2.43. The van der Waals surface area contributed by atoms with Crippen LogP contribution in [0.15, 0.2) is 60.9 Å². The van der Waals surface area contributed by atoms with Crippen molar-refractivity contribution in [1.29, 1.82) is 0 Å². The first kappa shape index (κ1) is 40.1. The highest BCUT2D eigenvalue weighted by atomic mass is 19.4. The number of likely N-dealkylation sites (tertiary alicyclic amines) is 1. The lowest BCUT2D eigenvalue weighted by Gasteiger charge is -2.48. The topological polar surface area (TPSA) is 108 Å². The van der Waals surface area contributed by atoms with Crippen LogP contribution in [0.1, 0.15) is 74.1 Å². The van der Waals surface area contributed by atoms with E-state index in [-0.39, 0.29) is 30.5 Å². The molecule has 3 aliphatic rings. The van der Waals surface area contributed by atoms with E-state index in [1.807, 2.05) is 42.2 Å². The number of anilines is 2. The van der Waals surface area contributed by atoms with Gasteiger partial charge in [-0.05, 0) is 80.7 Å². The molecule has 2 saturated heterocycles. The number of rotatable bonds is 10. The van der Waals surface area contributed by atoms with Crippen molar-refractivity contribution in [3.8, 4) is 0 Å². The Balaban J connectivity index is 1.35. The summed E-state index contributed by atoms with van der Waals surface area (Å²) in [6, 6.07) is 9.64. The average molecular weight is 778 g/mol. The number of alkyl halides is 6. The third-order valence-electron chi connectivity index (χ3n) is 10.9. The van der Waals surface area contributed by atoms with Gasteiger partial charge in [0.25, 0.3) is 0 Å². The molecule has 55 heavy (non-hydrogen) atoms. The van der Waals surface area contributed by atoms with Crippen LogP contribution in [0.5, 0.6) is 0 Å². The minimum Gasteiger partial charge on any atom is -0.481 e. The van der Waals surface area contributed by atoms with E-state index >= 15 is 0 Å². The molecule has 16 heteroatoms. The molecule has 0 spiro atoms. The molecule has 298 valence electrons. The van der Waals surface area contributed by atoms with Crippen LogP contribution in [-0.4, -0.2) is 82.6 Å². The maximum absolute atomic E-state index is 14.1. The second-order valence-electron chi connectivity index (χ2n) is 14.5. The van der Waals surface area contributed by atoms with Gasteiger partial charge < -0.3 is 29.3 Å². The Morgan fingerprint density at radius 1 is 0.873 bits per heavy atom. The number of aliphatic carboxylic acids is 1. The molecule has 3 aromatic rings. The molecule has 1 N–H and O–H groups in total. The Bertz CT molecular complexity index is 1720. The van der Waals surface area contributed by atoms with Crippen molar-refractivity contribution in [1.82, 2.24) is 14.9 Å². The number of hydrogen-bond acceptors (Lipinski definition) is 8. The first-order valence-electron chi connectivity index (χ1n) is 18.6. The maximum Gasteiger partial charge on any atom is 0.416 e. The van der Waals surface area contributed by atoms with Crippen LogP contribution in [0, 0.1) is 5.92 Å². The van der Waals surface area contributed by atoms with Crippen LogP contribution < -0.4 is 9.80 Å². The van der Waals surface area contributed by atoms with Gasteiger partial charge in [0, 0.05) is 37.8 Å². The highest BCUT2D eigenvalue weighted by molar-refractivity contribution is 5.70. The lowest BCUT2D eigenvalue weighted by atomic mass is 9.86. The van der Waals surface area contributed by atoms with Crippen LogP contribution >= 0.6 is 0 Å². The molecular weight excluding hydrogens is 732 g/mol. The predicted octanol–water partition coefficient (Wildman–Crippen LogP) is 7.99. The number of nitrogens with zero attached hydrogens (tertiary/aromatic N) is 5. The minimum absolute atomic E-state index is 0.114. The molecule has 2 aromatic carbocycles. The van der Waals surface area contributed by atoms with E-state index in [4.69, 9.17) is 9.47 Å². The minimum atomic E-state index is -5.02. The van der Waals surface area contributed by atoms with Gasteiger partial charge in [-0.25, -0.2) is 14.8 Å². The van der Waals surface area contributed by atoms with Gasteiger partial charge in [-0.2, -0.15) is 26.3 Å². The van der Waals surface area contributed by atoms with E-state index < -0.39 is 65.7 Å². The van der Waals surface area contributed by atoms with Crippen molar-refractivity contribution in [3.63, 3.8) is 0 Å². The molecule has 3 fully saturated rings. The van der Waals surface area contributed by atoms with E-state index in [1.54, 1.807) is 22.2 Å². The summed E-state index contributed by atoms with van der Waals surface area (Å²) in [5.41, 5.74) is -1.41. The number of benzene rings is 2. The van der Waals surface area contributed by atoms with E-state index in [0.717, 1.165) is 17.7 Å². The smallest absolute Gasteiger partial charge is 0.416 e. The maximum atomic E-state index is 14.1. The molecule has 0 radical (unpaired) electrons. The van der Waals surface area contributed by atoms with Crippen LogP contribution in [0.25, 0.3) is 0 Å². The molecule has 0 bridgehead atoms. The molecule has 1 unspecified atom stereocenters. The number of ether oxygens (including phenoxy) is 2. The molecule has 3 heterocycles. The Morgan fingerprint density at radius 2 is 1.47 bits per heavy atom. The van der Waals surface area contributed by atoms with E-state index in [9.17, 15) is 41.0 Å². The number of carbonyl (C=O) groups excluding carboxylic acids is 1. The lowest BCUT2D eigenvalue weighted by Crippen LogP contribution is -2.58. The summed E-state index contributed by atoms with van der Waals surface area (Å²) < 4.78 is 95.3. The van der Waals surface area contributed by atoms with Gasteiger partial charge in [-0.15, -0.1) is 0 Å². The highest BCUT2D eigenvalue weighted by Crippen LogP contribution is 2.39. The van der Waals surface area contributed by atoms with Gasteiger partial charge in [-0.1, -0.05) is 37.3 Å². The van der Waals surface area contributed by atoms with Gasteiger partial charge in [0.1, 0.15) is 6.10 Å². The lowest BCUT2D eigenvalue weighted by molar-refractivity contribution is -0.144. The quantitative estimate of drug-likeness (QED) is 0.205. The molecule has 1 aliphatic carbocycles. The van der Waals surface area contributed by atoms with Crippen molar-refractivity contribution >= 4 is 23.7 Å². The van der Waals surface area contributed by atoms with Gasteiger partial charge in [0.05, 0.1) is 48.3 Å². The van der Waals surface area contributed by atoms with E-state index in [0.29, 0.717) is 76.9 Å². The summed E-state index contributed by atoms with van der Waals surface area (Å²) in [7, 11) is 0. The average Bonchev–Trinajstić information content (AvgIpc) is 3.17. The number of morpholine rings is 1. The van der Waals surface area contributed by atoms with Crippen LogP contribution in [-0.2, 0) is 39.6 Å². The van der Waals surface area contributed by atoms with Crippen molar-refractivity contribution in [3.05, 3.63) is 83.2 Å². The zero-order valence-electron chi connectivity index (χ0n) is 30.4. The fourth-order valence-corrected chi connectivity index (χ4v) is 7.98. The summed E-state index contributed by atoms with van der Waals surface area (Å²) in [6.45, 7) is 3.77. The molecule has 6 rings (SSSR count). The SMILES string of the molecule is CC[C@@H]1CC(N(Cc2cc(C(F)(F)F)cc(C(F)(F)F)c2)c2ncc(N3CCOCC3)cn2)C[C@H](Cc2ccccc2)N1C(=O)OC1CCC(C(=O)O)CC1. The summed E-state index contributed by atoms with van der Waals surface area (Å²) in [6.07, 6.45) is -4.74. The fourth-order valence-electron chi connectivity index (χ4n) is 7.98. The van der Waals surface area contributed by atoms with E-state index in [2.05, 4.69) is 9.97 Å². The number of carbonyl (C=O) groups is 2. The predicted molar refractivity (Wildman–Crippen MR) is 190 cm³/mol. The summed E-state index contributed by atoms with van der Waals surface area (Å²) in [5, 5.41) is 9.43. The Morgan fingerprint density at radius 3 is 2.04 bits per heavy atom. The number of carboxylic acid groups (broad SMARTS) is 1. The third-order valence-corrected chi connectivity index (χ3v) is 10.9. The first-order chi connectivity index (χ1) is 26.2. The van der Waals surface area contributed by atoms with Crippen molar-refractivity contribution < 1.29 is 50.5 Å². The fraction of sp³-hybridized carbons (Fsp3) is 0.538. The molecule has 3 atom stereocenters. The number of carboxylic acids is 1. The van der Waals surface area contributed by atoms with Crippen LogP contribution in [0.4, 0.5) is 42.8 Å². The number of aromatic nitrogens is 2. The Labute approximate surface area is 315 Å². The number of amides is 1. The summed E-state index contributed by atoms with van der Waals surface area (Å²) in [5.74, 6) is -1.22. The van der Waals surface area contributed by atoms with Crippen LogP contribution in [0.3, 0.4) is 0 Å². The molecular formula is C39H45F6N5O5.